The lowest BCUT2D eigenvalue weighted by Crippen LogP contribution is -2.11. The van der Waals surface area contributed by atoms with E-state index in [1.165, 1.54) is 11.3 Å². The highest BCUT2D eigenvalue weighted by atomic mass is 35.5. The zero-order valence-electron chi connectivity index (χ0n) is 11.9. The summed E-state index contributed by atoms with van der Waals surface area (Å²) in [6.45, 7) is 4.08. The quantitative estimate of drug-likeness (QED) is 0.597. The van der Waals surface area contributed by atoms with Gasteiger partial charge in [0.15, 0.2) is 0 Å². The topological polar surface area (TPSA) is 42.9 Å². The molecular weight excluding hydrogens is 339 g/mol. The number of carbonyl (C=O) groups is 1. The van der Waals surface area contributed by atoms with Crippen LogP contribution in [0.1, 0.15) is 41.6 Å². The highest BCUT2D eigenvalue weighted by Gasteiger charge is 2.22. The number of halogens is 2. The highest BCUT2D eigenvalue weighted by Crippen LogP contribution is 2.30. The summed E-state index contributed by atoms with van der Waals surface area (Å²) in [5.74, 6) is -0.0326. The second-order valence-corrected chi connectivity index (χ2v) is 6.86. The number of carbonyl (C=O) groups excluding carboxylic acids is 1. The lowest BCUT2D eigenvalue weighted by Gasteiger charge is -2.09. The smallest absolute Gasteiger partial charge is 0.233 e. The van der Waals surface area contributed by atoms with Crippen LogP contribution in [0.2, 0.25) is 10.0 Å². The summed E-state index contributed by atoms with van der Waals surface area (Å²) in [5.41, 5.74) is 1.11. The summed E-state index contributed by atoms with van der Waals surface area (Å²) in [4.78, 5) is 22.4. The van der Waals surface area contributed by atoms with E-state index in [1.54, 1.807) is 18.2 Å². The van der Waals surface area contributed by atoms with Crippen molar-refractivity contribution in [2.24, 2.45) is 0 Å². The summed E-state index contributed by atoms with van der Waals surface area (Å²) in [7, 11) is 0. The third-order valence-electron chi connectivity index (χ3n) is 3.29. The molecule has 112 valence electrons. The molecule has 6 heteroatoms. The number of thiophene rings is 1. The Labute approximate surface area is 141 Å². The van der Waals surface area contributed by atoms with Crippen LogP contribution in [-0.4, -0.2) is 15.8 Å². The first-order valence-corrected chi connectivity index (χ1v) is 8.36. The lowest BCUT2D eigenvalue weighted by molar-refractivity contribution is 0.103. The zero-order valence-corrected chi connectivity index (χ0v) is 14.3. The van der Waals surface area contributed by atoms with Gasteiger partial charge in [0.2, 0.25) is 11.6 Å². The Morgan fingerprint density at radius 2 is 1.82 bits per heavy atom. The molecule has 3 aromatic rings. The van der Waals surface area contributed by atoms with Crippen molar-refractivity contribution in [2.75, 3.05) is 0 Å². The van der Waals surface area contributed by atoms with Crippen molar-refractivity contribution in [3.8, 4) is 0 Å². The molecule has 0 atom stereocenters. The molecule has 0 saturated carbocycles. The normalized spacial score (nSPS) is 11.3. The first-order chi connectivity index (χ1) is 10.5. The number of benzene rings is 1. The maximum atomic E-state index is 12.7. The van der Waals surface area contributed by atoms with Gasteiger partial charge >= 0.3 is 0 Å². The van der Waals surface area contributed by atoms with Crippen LogP contribution in [0.15, 0.2) is 29.6 Å². The molecule has 22 heavy (non-hydrogen) atoms. The Hall–Kier alpha value is -1.49. The van der Waals surface area contributed by atoms with Gasteiger partial charge < -0.3 is 0 Å². The molecule has 0 bridgehead atoms. The van der Waals surface area contributed by atoms with Gasteiger partial charge in [-0.05, 0) is 29.5 Å². The van der Waals surface area contributed by atoms with Crippen LogP contribution in [-0.2, 0) is 0 Å². The number of aromatic nitrogens is 2. The minimum Gasteiger partial charge on any atom is -0.285 e. The molecule has 2 aromatic heterocycles. The average Bonchev–Trinajstić information content (AvgIpc) is 2.93. The molecular formula is C16H12Cl2N2OS. The molecule has 0 N–H and O–H groups in total. The van der Waals surface area contributed by atoms with E-state index in [1.807, 2.05) is 25.3 Å². The Bertz CT molecular complexity index is 853. The second kappa shape index (κ2) is 5.95. The molecule has 3 rings (SSSR count). The largest absolute Gasteiger partial charge is 0.285 e. The molecule has 0 spiro atoms. The van der Waals surface area contributed by atoms with E-state index >= 15 is 0 Å². The molecule has 0 radical (unpaired) electrons. The summed E-state index contributed by atoms with van der Waals surface area (Å²) >= 11 is 13.7. The van der Waals surface area contributed by atoms with E-state index < -0.39 is 0 Å². The van der Waals surface area contributed by atoms with Crippen molar-refractivity contribution in [2.45, 2.75) is 19.8 Å². The fourth-order valence-corrected chi connectivity index (χ4v) is 3.59. The van der Waals surface area contributed by atoms with Gasteiger partial charge in [-0.1, -0.05) is 43.1 Å². The number of rotatable bonds is 3. The first-order valence-electron chi connectivity index (χ1n) is 6.73. The van der Waals surface area contributed by atoms with Gasteiger partial charge in [-0.25, -0.2) is 9.97 Å². The molecule has 2 heterocycles. The monoisotopic (exact) mass is 350 g/mol. The van der Waals surface area contributed by atoms with Crippen molar-refractivity contribution in [1.82, 2.24) is 9.97 Å². The Morgan fingerprint density at radius 1 is 1.14 bits per heavy atom. The van der Waals surface area contributed by atoms with Crippen molar-refractivity contribution in [3.63, 3.8) is 0 Å². The molecule has 0 aliphatic rings. The van der Waals surface area contributed by atoms with Crippen molar-refractivity contribution in [3.05, 3.63) is 56.8 Å². The van der Waals surface area contributed by atoms with Crippen LogP contribution < -0.4 is 0 Å². The summed E-state index contributed by atoms with van der Waals surface area (Å²) < 4.78 is 0. The summed E-state index contributed by atoms with van der Waals surface area (Å²) in [6, 6.07) is 6.94. The van der Waals surface area contributed by atoms with Crippen molar-refractivity contribution in [1.29, 1.82) is 0 Å². The lowest BCUT2D eigenvalue weighted by atomic mass is 10.1. The second-order valence-electron chi connectivity index (χ2n) is 5.15. The Kier molecular flexibility index (Phi) is 4.17. The number of hydrogen-bond acceptors (Lipinski definition) is 4. The van der Waals surface area contributed by atoms with Gasteiger partial charge in [0.25, 0.3) is 0 Å². The fourth-order valence-electron chi connectivity index (χ4n) is 2.25. The molecule has 0 saturated heterocycles. The van der Waals surface area contributed by atoms with E-state index in [4.69, 9.17) is 23.2 Å². The number of fused-ring (bicyclic) bond motifs is 1. The molecule has 0 aliphatic carbocycles. The van der Waals surface area contributed by atoms with Gasteiger partial charge in [-0.15, -0.1) is 11.3 Å². The van der Waals surface area contributed by atoms with Crippen LogP contribution in [0.4, 0.5) is 0 Å². The standard InChI is InChI=1S/C16H12Cl2N2OS/c1-8(2)13-9-6-7-22-16(9)20-15(19-13)14(21)12-10(17)4-3-5-11(12)18/h3-8H,1-2H3. The molecule has 0 aliphatic heterocycles. The third kappa shape index (κ3) is 2.62. The van der Waals surface area contributed by atoms with E-state index in [2.05, 4.69) is 9.97 Å². The average molecular weight is 351 g/mol. The van der Waals surface area contributed by atoms with E-state index in [-0.39, 0.29) is 23.1 Å². The molecule has 0 amide bonds. The fraction of sp³-hybridized carbons (Fsp3) is 0.188. The number of nitrogens with zero attached hydrogens (tertiary/aromatic N) is 2. The SMILES string of the molecule is CC(C)c1nc(C(=O)c2c(Cl)cccc2Cl)nc2sccc12. The molecule has 1 aromatic carbocycles. The maximum absolute atomic E-state index is 12.7. The van der Waals surface area contributed by atoms with Crippen LogP contribution in [0.25, 0.3) is 10.2 Å². The summed E-state index contributed by atoms with van der Waals surface area (Å²) in [6.07, 6.45) is 0. The highest BCUT2D eigenvalue weighted by molar-refractivity contribution is 7.16. The Morgan fingerprint density at radius 3 is 2.45 bits per heavy atom. The minimum absolute atomic E-state index is 0.133. The Balaban J connectivity index is 2.20. The molecule has 0 unspecified atom stereocenters. The van der Waals surface area contributed by atoms with Gasteiger partial charge in [0.05, 0.1) is 21.3 Å². The van der Waals surface area contributed by atoms with Gasteiger partial charge in [0, 0.05) is 5.39 Å². The predicted molar refractivity (Wildman–Crippen MR) is 91.4 cm³/mol. The number of hydrogen-bond donors (Lipinski definition) is 0. The van der Waals surface area contributed by atoms with Crippen LogP contribution in [0, 0.1) is 0 Å². The van der Waals surface area contributed by atoms with Crippen LogP contribution in [0.5, 0.6) is 0 Å². The van der Waals surface area contributed by atoms with E-state index in [0.717, 1.165) is 15.9 Å². The van der Waals surface area contributed by atoms with E-state index in [0.29, 0.717) is 10.0 Å². The van der Waals surface area contributed by atoms with Gasteiger partial charge in [0.1, 0.15) is 4.83 Å². The van der Waals surface area contributed by atoms with Gasteiger partial charge in [-0.3, -0.25) is 4.79 Å². The zero-order chi connectivity index (χ0) is 15.9. The summed E-state index contributed by atoms with van der Waals surface area (Å²) in [5, 5.41) is 3.54. The first kappa shape index (κ1) is 15.4. The predicted octanol–water partition coefficient (Wildman–Crippen LogP) is 5.35. The third-order valence-corrected chi connectivity index (χ3v) is 4.73. The van der Waals surface area contributed by atoms with Crippen LogP contribution >= 0.6 is 34.5 Å². The van der Waals surface area contributed by atoms with Crippen LogP contribution in [0.3, 0.4) is 0 Å². The van der Waals surface area contributed by atoms with Crippen molar-refractivity contribution >= 4 is 50.5 Å². The van der Waals surface area contributed by atoms with E-state index in [9.17, 15) is 4.79 Å². The van der Waals surface area contributed by atoms with Gasteiger partial charge in [-0.2, -0.15) is 0 Å². The molecule has 3 nitrogen and oxygen atoms in total. The molecule has 0 fully saturated rings. The van der Waals surface area contributed by atoms with Crippen molar-refractivity contribution < 1.29 is 4.79 Å². The minimum atomic E-state index is -0.354. The maximum Gasteiger partial charge on any atom is 0.233 e. The number of ketones is 1.